The minimum Gasteiger partial charge on any atom is -0.387 e. The van der Waals surface area contributed by atoms with E-state index in [4.69, 9.17) is 23.7 Å². The van der Waals surface area contributed by atoms with Gasteiger partial charge < -0.3 is 28.8 Å². The van der Waals surface area contributed by atoms with Crippen LogP contribution in [0.2, 0.25) is 0 Å². The Morgan fingerprint density at radius 3 is 2.14 bits per heavy atom. The molecule has 2 saturated carbocycles. The zero-order valence-electron chi connectivity index (χ0n) is 12.7. The smallest absolute Gasteiger partial charge is 0.190 e. The van der Waals surface area contributed by atoms with E-state index in [0.717, 1.165) is 51.4 Å². The van der Waals surface area contributed by atoms with E-state index >= 15 is 0 Å². The highest BCUT2D eigenvalue weighted by atomic mass is 16.8. The first-order chi connectivity index (χ1) is 10.7. The Bertz CT molecular complexity index is 442. The number of hydrogen-bond acceptors (Lipinski definition) is 6. The minimum atomic E-state index is -0.713. The van der Waals surface area contributed by atoms with E-state index in [1.807, 2.05) is 0 Å². The Morgan fingerprint density at radius 2 is 1.45 bits per heavy atom. The zero-order chi connectivity index (χ0) is 14.8. The van der Waals surface area contributed by atoms with Crippen molar-refractivity contribution in [3.8, 4) is 0 Å². The van der Waals surface area contributed by atoms with Gasteiger partial charge in [-0.15, -0.1) is 0 Å². The highest BCUT2D eigenvalue weighted by molar-refractivity contribution is 5.00. The number of ether oxygens (including phenoxy) is 5. The van der Waals surface area contributed by atoms with Gasteiger partial charge in [0.05, 0.1) is 6.61 Å². The number of aliphatic hydroxyl groups excluding tert-OH is 1. The van der Waals surface area contributed by atoms with Gasteiger partial charge in [0.1, 0.15) is 24.4 Å². The van der Waals surface area contributed by atoms with Gasteiger partial charge in [-0.25, -0.2) is 0 Å². The summed E-state index contributed by atoms with van der Waals surface area (Å²) in [6, 6.07) is 0. The molecule has 0 aromatic carbocycles. The van der Waals surface area contributed by atoms with Crippen LogP contribution in [0.15, 0.2) is 0 Å². The van der Waals surface area contributed by atoms with Gasteiger partial charge >= 0.3 is 0 Å². The quantitative estimate of drug-likeness (QED) is 0.790. The molecular formula is C16H24O6. The van der Waals surface area contributed by atoms with E-state index < -0.39 is 36.2 Å². The number of rotatable bonds is 1. The van der Waals surface area contributed by atoms with Gasteiger partial charge in [0.2, 0.25) is 0 Å². The SMILES string of the molecule is OC1C2OC3(CCCC3)O[C@H]2O[C@@H]1[C@H]1COC2(CCCC2)O1. The molecule has 22 heavy (non-hydrogen) atoms. The molecule has 5 atom stereocenters. The molecule has 0 amide bonds. The zero-order valence-corrected chi connectivity index (χ0v) is 12.7. The second-order valence-electron chi connectivity index (χ2n) is 7.36. The number of aliphatic hydroxyl groups is 1. The van der Waals surface area contributed by atoms with Crippen molar-refractivity contribution in [3.63, 3.8) is 0 Å². The summed E-state index contributed by atoms with van der Waals surface area (Å²) in [5.74, 6) is -0.944. The lowest BCUT2D eigenvalue weighted by Gasteiger charge is -2.28. The van der Waals surface area contributed by atoms with Crippen molar-refractivity contribution in [2.45, 2.75) is 93.6 Å². The molecule has 0 radical (unpaired) electrons. The Labute approximate surface area is 130 Å². The summed E-state index contributed by atoms with van der Waals surface area (Å²) in [6.45, 7) is 0.478. The molecule has 3 heterocycles. The lowest BCUT2D eigenvalue weighted by Crippen LogP contribution is -2.43. The van der Waals surface area contributed by atoms with E-state index in [2.05, 4.69) is 0 Å². The van der Waals surface area contributed by atoms with Gasteiger partial charge in [-0.3, -0.25) is 0 Å². The third-order valence-electron chi connectivity index (χ3n) is 5.89. The summed E-state index contributed by atoms with van der Waals surface area (Å²) in [7, 11) is 0. The maximum Gasteiger partial charge on any atom is 0.190 e. The van der Waals surface area contributed by atoms with E-state index in [1.54, 1.807) is 0 Å². The van der Waals surface area contributed by atoms with E-state index in [9.17, 15) is 5.11 Å². The van der Waals surface area contributed by atoms with Crippen LogP contribution in [0.3, 0.4) is 0 Å². The molecule has 2 spiro atoms. The highest BCUT2D eigenvalue weighted by Gasteiger charge is 2.61. The summed E-state index contributed by atoms with van der Waals surface area (Å²) in [4.78, 5) is 0. The highest BCUT2D eigenvalue weighted by Crippen LogP contribution is 2.48. The Balaban J connectivity index is 1.27. The van der Waals surface area contributed by atoms with Gasteiger partial charge in [-0.1, -0.05) is 0 Å². The van der Waals surface area contributed by atoms with Gasteiger partial charge in [0, 0.05) is 25.7 Å². The van der Waals surface area contributed by atoms with Crippen LogP contribution in [0, 0.1) is 0 Å². The van der Waals surface area contributed by atoms with E-state index in [0.29, 0.717) is 6.61 Å². The van der Waals surface area contributed by atoms with Crippen LogP contribution < -0.4 is 0 Å². The first-order valence-electron chi connectivity index (χ1n) is 8.70. The third-order valence-corrected chi connectivity index (χ3v) is 5.89. The third kappa shape index (κ3) is 2.01. The van der Waals surface area contributed by atoms with Gasteiger partial charge in [0.25, 0.3) is 0 Å². The maximum atomic E-state index is 10.6. The van der Waals surface area contributed by atoms with Crippen molar-refractivity contribution >= 4 is 0 Å². The van der Waals surface area contributed by atoms with Crippen LogP contribution >= 0.6 is 0 Å². The maximum absolute atomic E-state index is 10.6. The molecular weight excluding hydrogens is 288 g/mol. The van der Waals surface area contributed by atoms with Crippen molar-refractivity contribution in [1.29, 1.82) is 0 Å². The second-order valence-corrected chi connectivity index (χ2v) is 7.36. The van der Waals surface area contributed by atoms with Crippen molar-refractivity contribution in [2.75, 3.05) is 6.61 Å². The molecule has 3 saturated heterocycles. The van der Waals surface area contributed by atoms with Crippen LogP contribution in [0.4, 0.5) is 0 Å². The predicted octanol–water partition coefficient (Wildman–Crippen LogP) is 1.44. The van der Waals surface area contributed by atoms with Crippen molar-refractivity contribution in [3.05, 3.63) is 0 Å². The second kappa shape index (κ2) is 4.88. The van der Waals surface area contributed by atoms with E-state index in [-0.39, 0.29) is 6.10 Å². The normalized spacial score (nSPS) is 48.7. The number of hydrogen-bond donors (Lipinski definition) is 1. The summed E-state index contributed by atoms with van der Waals surface area (Å²) in [5, 5.41) is 10.6. The molecule has 5 fully saturated rings. The van der Waals surface area contributed by atoms with Crippen molar-refractivity contribution in [2.24, 2.45) is 0 Å². The fraction of sp³-hybridized carbons (Fsp3) is 1.00. The number of fused-ring (bicyclic) bond motifs is 1. The lowest BCUT2D eigenvalue weighted by atomic mass is 10.1. The molecule has 5 aliphatic rings. The summed E-state index contributed by atoms with van der Waals surface area (Å²) in [6.07, 6.45) is 5.94. The topological polar surface area (TPSA) is 66.4 Å². The van der Waals surface area contributed by atoms with Crippen molar-refractivity contribution in [1.82, 2.24) is 0 Å². The molecule has 124 valence electrons. The molecule has 5 rings (SSSR count). The Morgan fingerprint density at radius 1 is 0.773 bits per heavy atom. The van der Waals surface area contributed by atoms with Crippen LogP contribution in [0.5, 0.6) is 0 Å². The molecule has 6 nitrogen and oxygen atoms in total. The monoisotopic (exact) mass is 312 g/mol. The first-order valence-corrected chi connectivity index (χ1v) is 8.70. The van der Waals surface area contributed by atoms with Crippen LogP contribution in [-0.2, 0) is 23.7 Å². The average molecular weight is 312 g/mol. The molecule has 3 aliphatic heterocycles. The average Bonchev–Trinajstić information content (AvgIpc) is 3.29. The first kappa shape index (κ1) is 14.1. The van der Waals surface area contributed by atoms with Gasteiger partial charge in [0.15, 0.2) is 17.9 Å². The Hall–Kier alpha value is -0.240. The molecule has 2 aliphatic carbocycles. The summed E-state index contributed by atoms with van der Waals surface area (Å²) >= 11 is 0. The largest absolute Gasteiger partial charge is 0.387 e. The van der Waals surface area contributed by atoms with Crippen LogP contribution in [-0.4, -0.2) is 54.0 Å². The Kier molecular flexibility index (Phi) is 3.13. The summed E-state index contributed by atoms with van der Waals surface area (Å²) < 4.78 is 30.1. The molecule has 0 bridgehead atoms. The summed E-state index contributed by atoms with van der Waals surface area (Å²) in [5.41, 5.74) is 0. The molecule has 1 N–H and O–H groups in total. The molecule has 2 unspecified atom stereocenters. The predicted molar refractivity (Wildman–Crippen MR) is 73.8 cm³/mol. The van der Waals surface area contributed by atoms with E-state index in [1.165, 1.54) is 0 Å². The fourth-order valence-electron chi connectivity index (χ4n) is 4.74. The van der Waals surface area contributed by atoms with Gasteiger partial charge in [-0.2, -0.15) is 0 Å². The van der Waals surface area contributed by atoms with Crippen molar-refractivity contribution < 1.29 is 28.8 Å². The molecule has 0 aromatic rings. The minimum absolute atomic E-state index is 0.231. The standard InChI is InChI=1S/C16H24O6/c17-11-12(10-9-18-15(20-10)5-1-2-6-15)19-14-13(11)21-16(22-14)7-3-4-8-16/h10-14,17H,1-9H2/t10-,11?,12-,13?,14-/m1/s1. The van der Waals surface area contributed by atoms with Gasteiger partial charge in [-0.05, 0) is 25.7 Å². The fourth-order valence-corrected chi connectivity index (χ4v) is 4.74. The van der Waals surface area contributed by atoms with Crippen LogP contribution in [0.25, 0.3) is 0 Å². The molecule has 6 heteroatoms. The van der Waals surface area contributed by atoms with Crippen LogP contribution in [0.1, 0.15) is 51.4 Å². The lowest BCUT2D eigenvalue weighted by molar-refractivity contribution is -0.245. The molecule has 0 aromatic heterocycles.